The molecular formula is C12H24O10. The molecule has 10 heteroatoms. The highest BCUT2D eigenvalue weighted by Crippen LogP contribution is 2.18. The van der Waals surface area contributed by atoms with Crippen molar-refractivity contribution in [1.82, 2.24) is 0 Å². The molecule has 132 valence electrons. The fourth-order valence-electron chi connectivity index (χ4n) is 1.50. The van der Waals surface area contributed by atoms with Crippen LogP contribution in [0.3, 0.4) is 0 Å². The number of carbonyl (C=O) groups excluding carboxylic acids is 1. The summed E-state index contributed by atoms with van der Waals surface area (Å²) in [6.07, 6.45) is -10.2. The van der Waals surface area contributed by atoms with Gasteiger partial charge in [-0.1, -0.05) is 13.3 Å². The molecule has 0 saturated carbocycles. The summed E-state index contributed by atoms with van der Waals surface area (Å²) < 4.78 is 4.48. The first kappa shape index (κ1) is 21.1. The Kier molecular flexibility index (Phi) is 8.96. The lowest BCUT2D eigenvalue weighted by molar-refractivity contribution is -0.266. The van der Waals surface area contributed by atoms with E-state index < -0.39 is 48.9 Å². The topological polar surface area (TPSA) is 188 Å². The molecule has 8 N–H and O–H groups in total. The fraction of sp³-hybridized carbons (Fsp3) is 0.917. The zero-order chi connectivity index (χ0) is 17.5. The van der Waals surface area contributed by atoms with Crippen LogP contribution < -0.4 is 0 Å². The second-order valence-electron chi connectivity index (χ2n) is 4.88. The van der Waals surface area contributed by atoms with Gasteiger partial charge in [-0.25, -0.2) is 4.79 Å². The normalized spacial score (nSPS) is 19.1. The Bertz CT molecular complexity index is 334. The third-order valence-electron chi connectivity index (χ3n) is 3.05. The molecule has 0 aliphatic carbocycles. The third-order valence-corrected chi connectivity index (χ3v) is 3.05. The number of aliphatic hydroxyl groups is 8. The second kappa shape index (κ2) is 9.33. The van der Waals surface area contributed by atoms with E-state index in [-0.39, 0.29) is 6.61 Å². The molecule has 0 fully saturated rings. The van der Waals surface area contributed by atoms with Crippen LogP contribution in [0, 0.1) is 0 Å². The summed E-state index contributed by atoms with van der Waals surface area (Å²) in [5.74, 6) is -5.17. The Morgan fingerprint density at radius 3 is 2.05 bits per heavy atom. The maximum Gasteiger partial charge on any atom is 0.369 e. The maximum absolute atomic E-state index is 11.4. The molecule has 10 nitrogen and oxygen atoms in total. The van der Waals surface area contributed by atoms with Crippen LogP contribution in [0.2, 0.25) is 0 Å². The highest BCUT2D eigenvalue weighted by molar-refractivity contribution is 5.78. The third kappa shape index (κ3) is 5.41. The van der Waals surface area contributed by atoms with Crippen molar-refractivity contribution in [2.75, 3.05) is 13.2 Å². The summed E-state index contributed by atoms with van der Waals surface area (Å²) in [6.45, 7) is 0.695. The lowest BCUT2D eigenvalue weighted by Gasteiger charge is -2.33. The molecule has 0 aromatic rings. The van der Waals surface area contributed by atoms with Crippen LogP contribution in [0.25, 0.3) is 0 Å². The molecule has 0 saturated heterocycles. The van der Waals surface area contributed by atoms with Gasteiger partial charge in [0, 0.05) is 0 Å². The molecule has 0 aliphatic rings. The minimum absolute atomic E-state index is 0.143. The molecule has 0 spiro atoms. The first-order valence-electron chi connectivity index (χ1n) is 6.74. The van der Waals surface area contributed by atoms with Gasteiger partial charge in [0.1, 0.15) is 30.5 Å². The summed E-state index contributed by atoms with van der Waals surface area (Å²) in [7, 11) is 0. The van der Waals surface area contributed by atoms with E-state index >= 15 is 0 Å². The smallest absolute Gasteiger partial charge is 0.369 e. The van der Waals surface area contributed by atoms with E-state index in [1.165, 1.54) is 0 Å². The average Bonchev–Trinajstić information content (AvgIpc) is 2.50. The summed E-state index contributed by atoms with van der Waals surface area (Å²) in [5.41, 5.74) is 0. The van der Waals surface area contributed by atoms with Gasteiger partial charge < -0.3 is 45.6 Å². The Morgan fingerprint density at radius 1 is 1.05 bits per heavy atom. The first-order chi connectivity index (χ1) is 10.1. The van der Waals surface area contributed by atoms with Crippen molar-refractivity contribution < 1.29 is 50.4 Å². The maximum atomic E-state index is 11.4. The zero-order valence-corrected chi connectivity index (χ0v) is 12.1. The van der Waals surface area contributed by atoms with Gasteiger partial charge >= 0.3 is 5.97 Å². The Balaban J connectivity index is 4.82. The lowest BCUT2D eigenvalue weighted by atomic mass is 9.95. The molecule has 0 aromatic heterocycles. The predicted molar refractivity (Wildman–Crippen MR) is 70.2 cm³/mol. The minimum Gasteiger partial charge on any atom is -0.462 e. The van der Waals surface area contributed by atoms with Gasteiger partial charge in [0.05, 0.1) is 13.2 Å². The SMILES string of the molecule is CCCCOC(=O)C(O)(O)C(O)C(O)C(O)C(O)C(O)CO. The van der Waals surface area contributed by atoms with Crippen molar-refractivity contribution in [1.29, 1.82) is 0 Å². The number of hydrogen-bond donors (Lipinski definition) is 8. The number of hydrogen-bond acceptors (Lipinski definition) is 10. The molecular weight excluding hydrogens is 304 g/mol. The monoisotopic (exact) mass is 328 g/mol. The van der Waals surface area contributed by atoms with Crippen LogP contribution >= 0.6 is 0 Å². The van der Waals surface area contributed by atoms with E-state index in [4.69, 9.17) is 10.2 Å². The van der Waals surface area contributed by atoms with Gasteiger partial charge in [-0.2, -0.15) is 0 Å². The Labute approximate surface area is 126 Å². The highest BCUT2D eigenvalue weighted by atomic mass is 16.6. The van der Waals surface area contributed by atoms with Gasteiger partial charge in [-0.15, -0.1) is 0 Å². The standard InChI is InChI=1S/C12H24O10/c1-2-3-4-22-11(19)12(20,21)10(18)9(17)8(16)7(15)6(14)5-13/h6-10,13-18,20-21H,2-5H2,1H3. The van der Waals surface area contributed by atoms with Gasteiger partial charge in [0.25, 0.3) is 5.79 Å². The zero-order valence-electron chi connectivity index (χ0n) is 12.1. The van der Waals surface area contributed by atoms with Crippen molar-refractivity contribution in [2.24, 2.45) is 0 Å². The Morgan fingerprint density at radius 2 is 1.59 bits per heavy atom. The lowest BCUT2D eigenvalue weighted by Crippen LogP contribution is -2.60. The highest BCUT2D eigenvalue weighted by Gasteiger charge is 2.50. The number of rotatable bonds is 10. The molecule has 0 heterocycles. The second-order valence-corrected chi connectivity index (χ2v) is 4.88. The van der Waals surface area contributed by atoms with Gasteiger partial charge in [-0.3, -0.25) is 0 Å². The van der Waals surface area contributed by atoms with E-state index in [1.54, 1.807) is 6.92 Å². The summed E-state index contributed by atoms with van der Waals surface area (Å²) in [6, 6.07) is 0. The fourth-order valence-corrected chi connectivity index (χ4v) is 1.50. The van der Waals surface area contributed by atoms with Gasteiger partial charge in [0.15, 0.2) is 0 Å². The Hall–Kier alpha value is -0.850. The van der Waals surface area contributed by atoms with Gasteiger partial charge in [-0.05, 0) is 6.42 Å². The number of ether oxygens (including phenoxy) is 1. The van der Waals surface area contributed by atoms with Crippen LogP contribution in [-0.4, -0.2) is 96.3 Å². The number of carbonyl (C=O) groups is 1. The van der Waals surface area contributed by atoms with Crippen molar-refractivity contribution in [3.63, 3.8) is 0 Å². The van der Waals surface area contributed by atoms with Crippen LogP contribution in [-0.2, 0) is 9.53 Å². The average molecular weight is 328 g/mol. The predicted octanol–water partition coefficient (Wildman–Crippen LogP) is -4.19. The van der Waals surface area contributed by atoms with E-state index in [0.29, 0.717) is 12.8 Å². The molecule has 0 aromatic carbocycles. The van der Waals surface area contributed by atoms with Crippen molar-refractivity contribution >= 4 is 5.97 Å². The van der Waals surface area contributed by atoms with Crippen molar-refractivity contribution in [2.45, 2.75) is 56.1 Å². The number of aliphatic hydroxyl groups excluding tert-OH is 6. The molecule has 0 rings (SSSR count). The van der Waals surface area contributed by atoms with E-state index in [2.05, 4.69) is 4.74 Å². The van der Waals surface area contributed by atoms with Crippen LogP contribution in [0.15, 0.2) is 0 Å². The molecule has 5 unspecified atom stereocenters. The first-order valence-corrected chi connectivity index (χ1v) is 6.74. The van der Waals surface area contributed by atoms with Crippen LogP contribution in [0.1, 0.15) is 19.8 Å². The van der Waals surface area contributed by atoms with Crippen LogP contribution in [0.4, 0.5) is 0 Å². The summed E-state index contributed by atoms with van der Waals surface area (Å²) >= 11 is 0. The molecule has 0 aliphatic heterocycles. The number of unbranched alkanes of at least 4 members (excludes halogenated alkanes) is 1. The van der Waals surface area contributed by atoms with E-state index in [9.17, 15) is 35.4 Å². The molecule has 22 heavy (non-hydrogen) atoms. The largest absolute Gasteiger partial charge is 0.462 e. The quantitative estimate of drug-likeness (QED) is 0.111. The molecule has 0 bridgehead atoms. The summed E-state index contributed by atoms with van der Waals surface area (Å²) in [5, 5.41) is 74.8. The van der Waals surface area contributed by atoms with E-state index in [0.717, 1.165) is 0 Å². The van der Waals surface area contributed by atoms with Gasteiger partial charge in [0.2, 0.25) is 0 Å². The van der Waals surface area contributed by atoms with Crippen molar-refractivity contribution in [3.05, 3.63) is 0 Å². The minimum atomic E-state index is -3.53. The summed E-state index contributed by atoms with van der Waals surface area (Å²) in [4.78, 5) is 11.4. The molecule has 0 radical (unpaired) electrons. The van der Waals surface area contributed by atoms with E-state index in [1.807, 2.05) is 0 Å². The number of esters is 1. The molecule has 5 atom stereocenters. The van der Waals surface area contributed by atoms with Crippen LogP contribution in [0.5, 0.6) is 0 Å². The molecule has 0 amide bonds. The van der Waals surface area contributed by atoms with Crippen molar-refractivity contribution in [3.8, 4) is 0 Å².